The van der Waals surface area contributed by atoms with Gasteiger partial charge in [-0.1, -0.05) is 68.2 Å². The van der Waals surface area contributed by atoms with Crippen LogP contribution in [0.5, 0.6) is 0 Å². The largest absolute Gasteiger partial charge is 0.392 e. The Kier molecular flexibility index (Phi) is 9.22. The molecule has 1 fully saturated rings. The van der Waals surface area contributed by atoms with Gasteiger partial charge in [0.25, 0.3) is 0 Å². The first kappa shape index (κ1) is 24.1. The van der Waals surface area contributed by atoms with Crippen molar-refractivity contribution in [1.82, 2.24) is 0 Å². The lowest BCUT2D eigenvalue weighted by Crippen LogP contribution is -2.23. The molecule has 3 nitrogen and oxygen atoms in total. The van der Waals surface area contributed by atoms with Crippen LogP contribution < -0.4 is 5.32 Å². The van der Waals surface area contributed by atoms with E-state index in [4.69, 9.17) is 0 Å². The zero-order valence-electron chi connectivity index (χ0n) is 19.6. The minimum Gasteiger partial charge on any atom is -0.392 e. The van der Waals surface area contributed by atoms with E-state index in [1.54, 1.807) is 5.57 Å². The Labute approximate surface area is 189 Å². The molecular weight excluding hydrogens is 382 g/mol. The second-order valence-corrected chi connectivity index (χ2v) is 10.1. The van der Waals surface area contributed by atoms with Crippen molar-refractivity contribution >= 4 is 5.69 Å². The van der Waals surface area contributed by atoms with Crippen LogP contribution in [0.4, 0.5) is 5.69 Å². The highest BCUT2D eigenvalue weighted by Gasteiger charge is 2.43. The average Bonchev–Trinajstić information content (AvgIpc) is 3.27. The third-order valence-electron chi connectivity index (χ3n) is 7.21. The zero-order valence-corrected chi connectivity index (χ0v) is 19.6. The van der Waals surface area contributed by atoms with Crippen LogP contribution in [0.1, 0.15) is 78.1 Å². The number of aliphatic hydroxyl groups is 2. The molecule has 0 aromatic heterocycles. The Hall–Kier alpha value is -1.58. The van der Waals surface area contributed by atoms with E-state index in [1.165, 1.54) is 31.4 Å². The smallest absolute Gasteiger partial charge is 0.0654 e. The van der Waals surface area contributed by atoms with Gasteiger partial charge in [0.1, 0.15) is 0 Å². The van der Waals surface area contributed by atoms with Gasteiger partial charge in [-0.15, -0.1) is 0 Å². The van der Waals surface area contributed by atoms with E-state index in [2.05, 4.69) is 54.7 Å². The highest BCUT2D eigenvalue weighted by Crippen LogP contribution is 2.48. The molecule has 1 saturated carbocycles. The van der Waals surface area contributed by atoms with Crippen molar-refractivity contribution in [2.45, 2.75) is 89.8 Å². The van der Waals surface area contributed by atoms with Crippen LogP contribution in [-0.4, -0.2) is 28.5 Å². The molecule has 3 rings (SSSR count). The molecule has 1 aromatic rings. The van der Waals surface area contributed by atoms with Crippen molar-refractivity contribution in [3.05, 3.63) is 54.1 Å². The molecule has 0 bridgehead atoms. The molecule has 2 aliphatic rings. The van der Waals surface area contributed by atoms with Gasteiger partial charge in [0.05, 0.1) is 11.7 Å². The van der Waals surface area contributed by atoms with Gasteiger partial charge in [-0.3, -0.25) is 0 Å². The summed E-state index contributed by atoms with van der Waals surface area (Å²) < 4.78 is 0. The van der Waals surface area contributed by atoms with E-state index in [-0.39, 0.29) is 12.0 Å². The molecule has 31 heavy (non-hydrogen) atoms. The fraction of sp³-hybridized carbons (Fsp3) is 0.643. The Morgan fingerprint density at radius 1 is 1.13 bits per heavy atom. The quantitative estimate of drug-likeness (QED) is 0.250. The molecule has 172 valence electrons. The van der Waals surface area contributed by atoms with E-state index in [1.807, 2.05) is 13.0 Å². The standard InChI is InChI=1S/C28H43NO2/c1-3-4-16-28(2,31)17-11-15-25-26-20-22(19-23(26)21-27(25)30)12-7-6-10-18-29-24-13-8-5-9-14-24/h5,8-9,11,13-15,19,23,25-27,29-31H,3-4,6-7,10,12,16-18,20-21H2,1-2H3/t23-,25+,26-,27+,28-/m0/s1. The molecule has 1 aromatic carbocycles. The van der Waals surface area contributed by atoms with Crippen molar-refractivity contribution in [1.29, 1.82) is 0 Å². The molecule has 3 heteroatoms. The van der Waals surface area contributed by atoms with Gasteiger partial charge in [-0.2, -0.15) is 0 Å². The number of hydrogen-bond acceptors (Lipinski definition) is 3. The zero-order chi connectivity index (χ0) is 22.1. The summed E-state index contributed by atoms with van der Waals surface area (Å²) in [6, 6.07) is 10.4. The number of fused-ring (bicyclic) bond motifs is 1. The Balaban J connectivity index is 1.36. The van der Waals surface area contributed by atoms with Gasteiger partial charge in [0, 0.05) is 18.2 Å². The van der Waals surface area contributed by atoms with Crippen molar-refractivity contribution in [2.24, 2.45) is 17.8 Å². The van der Waals surface area contributed by atoms with Gasteiger partial charge in [0.2, 0.25) is 0 Å². The number of aliphatic hydroxyl groups excluding tert-OH is 1. The van der Waals surface area contributed by atoms with Gasteiger partial charge in [0.15, 0.2) is 0 Å². The van der Waals surface area contributed by atoms with Gasteiger partial charge in [-0.05, 0) is 75.8 Å². The van der Waals surface area contributed by atoms with Crippen molar-refractivity contribution in [3.63, 3.8) is 0 Å². The highest BCUT2D eigenvalue weighted by atomic mass is 16.3. The maximum Gasteiger partial charge on any atom is 0.0654 e. The molecule has 5 atom stereocenters. The Morgan fingerprint density at radius 2 is 1.94 bits per heavy atom. The fourth-order valence-electron chi connectivity index (χ4n) is 5.37. The van der Waals surface area contributed by atoms with Gasteiger partial charge < -0.3 is 15.5 Å². The van der Waals surface area contributed by atoms with E-state index in [9.17, 15) is 10.2 Å². The van der Waals surface area contributed by atoms with Crippen LogP contribution in [0, 0.1) is 17.8 Å². The maximum absolute atomic E-state index is 10.6. The predicted octanol–water partition coefficient (Wildman–Crippen LogP) is 6.49. The van der Waals surface area contributed by atoms with Crippen LogP contribution in [0.15, 0.2) is 54.1 Å². The lowest BCUT2D eigenvalue weighted by molar-refractivity contribution is 0.0513. The highest BCUT2D eigenvalue weighted by molar-refractivity contribution is 5.42. The normalized spacial score (nSPS) is 27.3. The first-order chi connectivity index (χ1) is 15.0. The monoisotopic (exact) mass is 425 g/mol. The summed E-state index contributed by atoms with van der Waals surface area (Å²) in [5, 5.41) is 24.6. The van der Waals surface area contributed by atoms with Crippen LogP contribution in [0.3, 0.4) is 0 Å². The van der Waals surface area contributed by atoms with Crippen LogP contribution in [0.2, 0.25) is 0 Å². The van der Waals surface area contributed by atoms with Crippen molar-refractivity contribution in [3.8, 4) is 0 Å². The summed E-state index contributed by atoms with van der Waals surface area (Å²) in [4.78, 5) is 0. The molecule has 0 amide bonds. The minimum atomic E-state index is -0.621. The second kappa shape index (κ2) is 11.9. The molecule has 0 aliphatic heterocycles. The minimum absolute atomic E-state index is 0.228. The first-order valence-electron chi connectivity index (χ1n) is 12.5. The third kappa shape index (κ3) is 7.50. The number of allylic oxidation sites excluding steroid dienone is 2. The summed E-state index contributed by atoms with van der Waals surface area (Å²) in [6.45, 7) is 5.13. The van der Waals surface area contributed by atoms with Gasteiger partial charge >= 0.3 is 0 Å². The molecule has 0 heterocycles. The lowest BCUT2D eigenvalue weighted by Gasteiger charge is -2.22. The number of rotatable bonds is 13. The number of para-hydroxylation sites is 1. The van der Waals surface area contributed by atoms with E-state index in [0.717, 1.165) is 38.6 Å². The molecular formula is C28H43NO2. The summed E-state index contributed by atoms with van der Waals surface area (Å²) in [6.07, 6.45) is 17.3. The van der Waals surface area contributed by atoms with Crippen molar-refractivity contribution < 1.29 is 10.2 Å². The summed E-state index contributed by atoms with van der Waals surface area (Å²) >= 11 is 0. The molecule has 3 N–H and O–H groups in total. The molecule has 0 saturated heterocycles. The topological polar surface area (TPSA) is 52.5 Å². The Morgan fingerprint density at radius 3 is 2.71 bits per heavy atom. The predicted molar refractivity (Wildman–Crippen MR) is 131 cm³/mol. The fourth-order valence-corrected chi connectivity index (χ4v) is 5.37. The third-order valence-corrected chi connectivity index (χ3v) is 7.21. The number of unbranched alkanes of at least 4 members (excludes halogenated alkanes) is 3. The number of nitrogens with one attached hydrogen (secondary N) is 1. The molecule has 0 unspecified atom stereocenters. The van der Waals surface area contributed by atoms with E-state index in [0.29, 0.717) is 18.3 Å². The van der Waals surface area contributed by atoms with Crippen molar-refractivity contribution in [2.75, 3.05) is 11.9 Å². The Bertz CT molecular complexity index is 709. The maximum atomic E-state index is 10.6. The van der Waals surface area contributed by atoms with Crippen LogP contribution in [0.25, 0.3) is 0 Å². The second-order valence-electron chi connectivity index (χ2n) is 10.1. The number of anilines is 1. The van der Waals surface area contributed by atoms with Crippen LogP contribution in [-0.2, 0) is 0 Å². The average molecular weight is 426 g/mol. The molecule has 2 aliphatic carbocycles. The van der Waals surface area contributed by atoms with Gasteiger partial charge in [-0.25, -0.2) is 0 Å². The first-order valence-corrected chi connectivity index (χ1v) is 12.5. The SMILES string of the molecule is CCCC[C@](C)(O)CC=C[C@@H]1[C@H]2CC(CCCCCNc3ccccc3)=C[C@H]2C[C@H]1O. The van der Waals surface area contributed by atoms with E-state index < -0.39 is 5.60 Å². The number of hydrogen-bond donors (Lipinski definition) is 3. The lowest BCUT2D eigenvalue weighted by atomic mass is 9.87. The molecule has 0 spiro atoms. The number of benzene rings is 1. The molecule has 0 radical (unpaired) electrons. The summed E-state index contributed by atoms with van der Waals surface area (Å²) in [7, 11) is 0. The van der Waals surface area contributed by atoms with E-state index >= 15 is 0 Å². The summed E-state index contributed by atoms with van der Waals surface area (Å²) in [5.74, 6) is 1.34. The van der Waals surface area contributed by atoms with Crippen LogP contribution >= 0.6 is 0 Å². The summed E-state index contributed by atoms with van der Waals surface area (Å²) in [5.41, 5.74) is 2.19.